The van der Waals surface area contributed by atoms with Crippen LogP contribution in [0.2, 0.25) is 0 Å². The van der Waals surface area contributed by atoms with Crippen molar-refractivity contribution in [2.75, 3.05) is 32.5 Å². The van der Waals surface area contributed by atoms with Gasteiger partial charge in [0.05, 0.1) is 19.4 Å². The molecule has 0 aromatic heterocycles. The molecule has 4 N–H and O–H groups in total. The van der Waals surface area contributed by atoms with Gasteiger partial charge in [-0.15, -0.1) is 0 Å². The first-order chi connectivity index (χ1) is 6.68. The van der Waals surface area contributed by atoms with E-state index in [9.17, 15) is 4.57 Å². The van der Waals surface area contributed by atoms with Gasteiger partial charge in [0.25, 0.3) is 7.52 Å². The fourth-order valence-electron chi connectivity index (χ4n) is 0.912. The molecule has 88 valence electrons. The molecule has 0 fully saturated rings. The molecular weight excluding hydrogens is 226 g/mol. The van der Waals surface area contributed by atoms with Crippen LogP contribution in [0.4, 0.5) is 0 Å². The number of unbranched alkanes of at least 4 members (excludes halogenated alkanes) is 1. The summed E-state index contributed by atoms with van der Waals surface area (Å²) in [5, 5.41) is 11.5. The third-order valence-electron chi connectivity index (χ3n) is 1.69. The van der Waals surface area contributed by atoms with Crippen molar-refractivity contribution in [2.24, 2.45) is 5.73 Å². The quantitative estimate of drug-likeness (QED) is 0.242. The van der Waals surface area contributed by atoms with E-state index < -0.39 is 7.52 Å². The van der Waals surface area contributed by atoms with Gasteiger partial charge in [0.1, 0.15) is 0 Å². The molecule has 0 aliphatic heterocycles. The molecule has 1 unspecified atom stereocenters. The average Bonchev–Trinajstić information content (AvgIpc) is 2.16. The first-order valence-electron chi connectivity index (χ1n) is 4.98. The van der Waals surface area contributed by atoms with Crippen molar-refractivity contribution >= 4 is 7.52 Å². The van der Waals surface area contributed by atoms with Crippen LogP contribution < -0.4 is 40.4 Å². The van der Waals surface area contributed by atoms with Crippen LogP contribution in [-0.2, 0) is 9.09 Å². The zero-order valence-corrected chi connectivity index (χ0v) is 12.6. The molecule has 5 nitrogen and oxygen atoms in total. The van der Waals surface area contributed by atoms with Crippen LogP contribution in [-0.4, -0.2) is 37.6 Å². The van der Waals surface area contributed by atoms with E-state index in [0.29, 0.717) is 19.7 Å². The summed E-state index contributed by atoms with van der Waals surface area (Å²) in [5.41, 5.74) is 5.29. The zero-order chi connectivity index (χ0) is 10.9. The maximum Gasteiger partial charge on any atom is 1.00 e. The van der Waals surface area contributed by atoms with E-state index in [1.165, 1.54) is 0 Å². The van der Waals surface area contributed by atoms with Crippen molar-refractivity contribution in [1.82, 2.24) is 5.09 Å². The standard InChI is InChI=1S/C8H21N2O3P.Na.H/c1-2-3-7-13-14(12,8-6-11)10-5-4-9;;/h11H,2-9H2,1H3,(H,10,12);;/q;+1;-1. The maximum absolute atomic E-state index is 11.9. The fraction of sp³-hybridized carbons (Fsp3) is 1.00. The largest absolute Gasteiger partial charge is 1.00 e. The SMILES string of the molecule is CCCCOP(=O)(CCO)NCCN.[H-].[Na+]. The molecule has 0 radical (unpaired) electrons. The van der Waals surface area contributed by atoms with Crippen molar-refractivity contribution in [3.63, 3.8) is 0 Å². The minimum atomic E-state index is -2.85. The molecule has 7 heteroatoms. The zero-order valence-electron chi connectivity index (χ0n) is 10.7. The number of nitrogens with two attached hydrogens (primary N) is 1. The first-order valence-corrected chi connectivity index (χ1v) is 6.79. The fourth-order valence-corrected chi connectivity index (χ4v) is 2.45. The van der Waals surface area contributed by atoms with Crippen molar-refractivity contribution in [3.8, 4) is 0 Å². The molecule has 0 rings (SSSR count). The Kier molecular flexibility index (Phi) is 14.2. The van der Waals surface area contributed by atoms with E-state index in [0.717, 1.165) is 12.8 Å². The van der Waals surface area contributed by atoms with Gasteiger partial charge in [0.2, 0.25) is 0 Å². The van der Waals surface area contributed by atoms with E-state index in [-0.39, 0.29) is 43.8 Å². The summed E-state index contributed by atoms with van der Waals surface area (Å²) in [7, 11) is -2.85. The van der Waals surface area contributed by atoms with Gasteiger partial charge in [0.15, 0.2) is 0 Å². The molecule has 0 aliphatic carbocycles. The van der Waals surface area contributed by atoms with Crippen LogP contribution >= 0.6 is 7.52 Å². The second kappa shape index (κ2) is 11.6. The van der Waals surface area contributed by atoms with Crippen molar-refractivity contribution in [1.29, 1.82) is 0 Å². The molecule has 0 aromatic rings. The minimum Gasteiger partial charge on any atom is -1.00 e. The third kappa shape index (κ3) is 9.97. The molecule has 15 heavy (non-hydrogen) atoms. The Hall–Kier alpha value is 1.07. The number of hydrogen-bond acceptors (Lipinski definition) is 4. The third-order valence-corrected chi connectivity index (χ3v) is 3.78. The summed E-state index contributed by atoms with van der Waals surface area (Å²) >= 11 is 0. The van der Waals surface area contributed by atoms with Crippen LogP contribution in [0, 0.1) is 0 Å². The number of hydrogen-bond donors (Lipinski definition) is 3. The predicted octanol–water partition coefficient (Wildman–Crippen LogP) is -2.35. The molecule has 0 bridgehead atoms. The van der Waals surface area contributed by atoms with E-state index in [1.807, 2.05) is 6.92 Å². The molecule has 0 spiro atoms. The number of rotatable bonds is 9. The van der Waals surface area contributed by atoms with Crippen molar-refractivity contribution < 1.29 is 45.2 Å². The number of aliphatic hydroxyl groups excluding tert-OH is 1. The molecule has 1 atom stereocenters. The minimum absolute atomic E-state index is 0. The van der Waals surface area contributed by atoms with Gasteiger partial charge in [-0.05, 0) is 6.42 Å². The summed E-state index contributed by atoms with van der Waals surface area (Å²) in [4.78, 5) is 0. The van der Waals surface area contributed by atoms with E-state index >= 15 is 0 Å². The molecule has 0 heterocycles. The summed E-state index contributed by atoms with van der Waals surface area (Å²) < 4.78 is 17.1. The Morgan fingerprint density at radius 2 is 2.27 bits per heavy atom. The summed E-state index contributed by atoms with van der Waals surface area (Å²) in [6.07, 6.45) is 2.02. The first kappa shape index (κ1) is 18.4. The Morgan fingerprint density at radius 1 is 1.60 bits per heavy atom. The van der Waals surface area contributed by atoms with E-state index in [1.54, 1.807) is 0 Å². The summed E-state index contributed by atoms with van der Waals surface area (Å²) in [6.45, 7) is 3.22. The molecule has 0 aliphatic rings. The van der Waals surface area contributed by atoms with Gasteiger partial charge >= 0.3 is 29.6 Å². The molecule has 0 saturated heterocycles. The predicted molar refractivity (Wildman–Crippen MR) is 58.6 cm³/mol. The average molecular weight is 248 g/mol. The Balaban J connectivity index is -0.000000845. The number of nitrogens with one attached hydrogen (secondary N) is 1. The topological polar surface area (TPSA) is 84.6 Å². The van der Waals surface area contributed by atoms with Crippen LogP contribution in [0.5, 0.6) is 0 Å². The van der Waals surface area contributed by atoms with Crippen molar-refractivity contribution in [2.45, 2.75) is 19.8 Å². The smallest absolute Gasteiger partial charge is 1.00 e. The monoisotopic (exact) mass is 248 g/mol. The van der Waals surface area contributed by atoms with Gasteiger partial charge in [0, 0.05) is 13.1 Å². The Labute approximate surface area is 115 Å². The van der Waals surface area contributed by atoms with Crippen LogP contribution in [0.15, 0.2) is 0 Å². The van der Waals surface area contributed by atoms with Gasteiger partial charge in [-0.1, -0.05) is 13.3 Å². The van der Waals surface area contributed by atoms with Gasteiger partial charge in [-0.25, -0.2) is 5.09 Å². The molecule has 0 aromatic carbocycles. The molecule has 0 saturated carbocycles. The normalized spacial score (nSPS) is 14.3. The van der Waals surface area contributed by atoms with Gasteiger partial charge in [-0.3, -0.25) is 4.57 Å². The van der Waals surface area contributed by atoms with Crippen LogP contribution in [0.3, 0.4) is 0 Å². The molecule has 0 amide bonds. The number of aliphatic hydroxyl groups is 1. The van der Waals surface area contributed by atoms with E-state index in [4.69, 9.17) is 15.4 Å². The summed E-state index contributed by atoms with van der Waals surface area (Å²) in [6, 6.07) is 0. The van der Waals surface area contributed by atoms with Gasteiger partial charge < -0.3 is 16.8 Å². The van der Waals surface area contributed by atoms with Crippen LogP contribution in [0.25, 0.3) is 0 Å². The Bertz CT molecular complexity index is 189. The maximum atomic E-state index is 11.9. The summed E-state index contributed by atoms with van der Waals surface area (Å²) in [5.74, 6) is 0. The molecular formula is C8H22N2NaO3P. The van der Waals surface area contributed by atoms with Gasteiger partial charge in [-0.2, -0.15) is 0 Å². The Morgan fingerprint density at radius 3 is 2.73 bits per heavy atom. The second-order valence-electron chi connectivity index (χ2n) is 3.00. The van der Waals surface area contributed by atoms with E-state index in [2.05, 4.69) is 5.09 Å². The second-order valence-corrected chi connectivity index (χ2v) is 5.37. The van der Waals surface area contributed by atoms with Crippen molar-refractivity contribution in [3.05, 3.63) is 0 Å². The van der Waals surface area contributed by atoms with Crippen LogP contribution in [0.1, 0.15) is 21.2 Å².